The van der Waals surface area contributed by atoms with Crippen molar-refractivity contribution in [3.63, 3.8) is 0 Å². The van der Waals surface area contributed by atoms with Gasteiger partial charge in [0.2, 0.25) is 0 Å². The molecule has 20 heavy (non-hydrogen) atoms. The van der Waals surface area contributed by atoms with E-state index >= 15 is 0 Å². The van der Waals surface area contributed by atoms with Gasteiger partial charge in [0, 0.05) is 12.1 Å². The van der Waals surface area contributed by atoms with Gasteiger partial charge in [0.05, 0.1) is 0 Å². The molecule has 4 rings (SSSR count). The van der Waals surface area contributed by atoms with Crippen LogP contribution in [0.3, 0.4) is 0 Å². The number of fused-ring (bicyclic) bond motifs is 3. The third kappa shape index (κ3) is 2.43. The van der Waals surface area contributed by atoms with Gasteiger partial charge in [-0.2, -0.15) is 0 Å². The molecule has 98 valence electrons. The third-order valence-corrected chi connectivity index (χ3v) is 3.55. The number of anilines is 1. The molecule has 0 bridgehead atoms. The average molecular weight is 259 g/mol. The summed E-state index contributed by atoms with van der Waals surface area (Å²) in [4.78, 5) is 0. The van der Waals surface area contributed by atoms with Crippen LogP contribution in [0, 0.1) is 0 Å². The molecule has 0 heterocycles. The van der Waals surface area contributed by atoms with Crippen LogP contribution in [0.4, 0.5) is 5.69 Å². The van der Waals surface area contributed by atoms with Crippen LogP contribution in [0.1, 0.15) is 11.1 Å². The Morgan fingerprint density at radius 2 is 1.20 bits per heavy atom. The summed E-state index contributed by atoms with van der Waals surface area (Å²) in [5.74, 6) is 0. The van der Waals surface area contributed by atoms with Crippen molar-refractivity contribution in [2.75, 3.05) is 5.73 Å². The van der Waals surface area contributed by atoms with E-state index < -0.39 is 0 Å². The fourth-order valence-electron chi connectivity index (χ4n) is 2.57. The number of hydrogen-bond acceptors (Lipinski definition) is 1. The molecule has 3 aromatic rings. The van der Waals surface area contributed by atoms with E-state index in [4.69, 9.17) is 5.73 Å². The zero-order chi connectivity index (χ0) is 13.8. The van der Waals surface area contributed by atoms with Crippen LogP contribution in [0.15, 0.2) is 78.9 Å². The highest BCUT2D eigenvalue weighted by Gasteiger charge is 2.18. The van der Waals surface area contributed by atoms with Crippen molar-refractivity contribution >= 4 is 5.69 Å². The lowest BCUT2D eigenvalue weighted by atomic mass is 10.1. The number of rotatable bonds is 0. The highest BCUT2D eigenvalue weighted by atomic mass is 14.6. The van der Waals surface area contributed by atoms with Crippen LogP contribution in [0.2, 0.25) is 0 Å². The maximum absolute atomic E-state index is 5.95. The first-order chi connectivity index (χ1) is 9.86. The van der Waals surface area contributed by atoms with Gasteiger partial charge in [-0.15, -0.1) is 0 Å². The summed E-state index contributed by atoms with van der Waals surface area (Å²) in [5.41, 5.74) is 12.2. The molecule has 0 spiro atoms. The third-order valence-electron chi connectivity index (χ3n) is 3.55. The van der Waals surface area contributed by atoms with Crippen molar-refractivity contribution < 1.29 is 0 Å². The van der Waals surface area contributed by atoms with E-state index in [1.165, 1.54) is 22.3 Å². The minimum atomic E-state index is 0.915. The molecule has 1 aliphatic carbocycles. The molecule has 0 aromatic heterocycles. The summed E-state index contributed by atoms with van der Waals surface area (Å²) in [6.07, 6.45) is 0.984. The van der Waals surface area contributed by atoms with Gasteiger partial charge in [-0.3, -0.25) is 0 Å². The summed E-state index contributed by atoms with van der Waals surface area (Å²) < 4.78 is 0. The predicted molar refractivity (Wildman–Crippen MR) is 85.5 cm³/mol. The van der Waals surface area contributed by atoms with Gasteiger partial charge >= 0.3 is 0 Å². The average Bonchev–Trinajstić information content (AvgIpc) is 2.90. The highest BCUT2D eigenvalue weighted by molar-refractivity contribution is 5.81. The Labute approximate surface area is 119 Å². The Bertz CT molecular complexity index is 675. The molecule has 0 fully saturated rings. The van der Waals surface area contributed by atoms with E-state index in [0.717, 1.165) is 12.1 Å². The molecule has 1 heteroatoms. The summed E-state index contributed by atoms with van der Waals surface area (Å²) in [7, 11) is 0. The summed E-state index contributed by atoms with van der Waals surface area (Å²) in [6, 6.07) is 26.7. The lowest BCUT2D eigenvalue weighted by Crippen LogP contribution is -1.91. The van der Waals surface area contributed by atoms with E-state index in [0.29, 0.717) is 0 Å². The largest absolute Gasteiger partial charge is 0.398 e. The smallest absolute Gasteiger partial charge is 0.0356 e. The number of benzene rings is 3. The van der Waals surface area contributed by atoms with E-state index in [1.54, 1.807) is 0 Å². The molecule has 2 N–H and O–H groups in total. The first kappa shape index (κ1) is 12.5. The van der Waals surface area contributed by atoms with Gasteiger partial charge < -0.3 is 5.73 Å². The molecule has 3 aromatic carbocycles. The Kier molecular flexibility index (Phi) is 3.51. The van der Waals surface area contributed by atoms with Crippen LogP contribution in [-0.2, 0) is 6.42 Å². The zero-order valence-electron chi connectivity index (χ0n) is 11.3. The Morgan fingerprint density at radius 1 is 0.600 bits per heavy atom. The number of nitrogen functional groups attached to an aromatic ring is 1. The molecule has 0 aliphatic heterocycles. The Balaban J connectivity index is 0.000000170. The molecule has 0 atom stereocenters. The van der Waals surface area contributed by atoms with Crippen molar-refractivity contribution in [2.24, 2.45) is 0 Å². The SMILES string of the molecule is Nc1cccc2c1Cc1ccccc1-2.c1ccccc1. The van der Waals surface area contributed by atoms with Crippen LogP contribution in [-0.4, -0.2) is 0 Å². The van der Waals surface area contributed by atoms with Crippen molar-refractivity contribution in [3.05, 3.63) is 90.0 Å². The first-order valence-electron chi connectivity index (χ1n) is 6.82. The van der Waals surface area contributed by atoms with Crippen LogP contribution in [0.5, 0.6) is 0 Å². The number of hydrogen-bond donors (Lipinski definition) is 1. The molecule has 1 nitrogen and oxygen atoms in total. The molecule has 1 aliphatic rings. The normalized spacial score (nSPS) is 11.0. The Morgan fingerprint density at radius 3 is 1.90 bits per heavy atom. The highest BCUT2D eigenvalue weighted by Crippen LogP contribution is 2.38. The van der Waals surface area contributed by atoms with Gasteiger partial charge in [-0.25, -0.2) is 0 Å². The van der Waals surface area contributed by atoms with E-state index in [9.17, 15) is 0 Å². The number of nitrogens with two attached hydrogens (primary N) is 1. The first-order valence-corrected chi connectivity index (χ1v) is 6.82. The van der Waals surface area contributed by atoms with E-state index in [-0.39, 0.29) is 0 Å². The minimum Gasteiger partial charge on any atom is -0.398 e. The lowest BCUT2D eigenvalue weighted by molar-refractivity contribution is 1.27. The predicted octanol–water partition coefficient (Wildman–Crippen LogP) is 4.53. The van der Waals surface area contributed by atoms with Crippen molar-refractivity contribution in [1.29, 1.82) is 0 Å². The van der Waals surface area contributed by atoms with Crippen molar-refractivity contribution in [3.8, 4) is 11.1 Å². The fourth-order valence-corrected chi connectivity index (χ4v) is 2.57. The van der Waals surface area contributed by atoms with Gasteiger partial charge in [-0.1, -0.05) is 72.8 Å². The molecule has 0 radical (unpaired) electrons. The monoisotopic (exact) mass is 259 g/mol. The molecule has 0 saturated heterocycles. The van der Waals surface area contributed by atoms with Gasteiger partial charge in [0.1, 0.15) is 0 Å². The second-order valence-electron chi connectivity index (χ2n) is 4.86. The van der Waals surface area contributed by atoms with Crippen molar-refractivity contribution in [1.82, 2.24) is 0 Å². The topological polar surface area (TPSA) is 26.0 Å². The zero-order valence-corrected chi connectivity index (χ0v) is 11.3. The Hall–Kier alpha value is -2.54. The molecular weight excluding hydrogens is 242 g/mol. The quantitative estimate of drug-likeness (QED) is 0.461. The van der Waals surface area contributed by atoms with Gasteiger partial charge in [-0.05, 0) is 28.3 Å². The van der Waals surface area contributed by atoms with Gasteiger partial charge in [0.25, 0.3) is 0 Å². The molecular formula is C19H17N. The van der Waals surface area contributed by atoms with Crippen LogP contribution in [0.25, 0.3) is 11.1 Å². The van der Waals surface area contributed by atoms with Crippen LogP contribution >= 0.6 is 0 Å². The maximum Gasteiger partial charge on any atom is 0.0356 e. The molecule has 0 unspecified atom stereocenters. The van der Waals surface area contributed by atoms with E-state index in [1.807, 2.05) is 48.5 Å². The second kappa shape index (κ2) is 5.62. The van der Waals surface area contributed by atoms with Crippen LogP contribution < -0.4 is 5.73 Å². The summed E-state index contributed by atoms with van der Waals surface area (Å²) in [6.45, 7) is 0. The minimum absolute atomic E-state index is 0.915. The molecule has 0 amide bonds. The maximum atomic E-state index is 5.95. The second-order valence-corrected chi connectivity index (χ2v) is 4.86. The lowest BCUT2D eigenvalue weighted by Gasteiger charge is -2.02. The molecule has 0 saturated carbocycles. The summed E-state index contributed by atoms with van der Waals surface area (Å²) in [5, 5.41) is 0. The fraction of sp³-hybridized carbons (Fsp3) is 0.0526. The summed E-state index contributed by atoms with van der Waals surface area (Å²) >= 11 is 0. The standard InChI is InChI=1S/C13H11N.C6H6/c14-13-7-3-6-11-10-5-2-1-4-9(10)8-12(11)13;1-2-4-6-5-3-1/h1-7H,8,14H2;1-6H. The van der Waals surface area contributed by atoms with E-state index in [2.05, 4.69) is 30.3 Å². The van der Waals surface area contributed by atoms with Gasteiger partial charge in [0.15, 0.2) is 0 Å². The van der Waals surface area contributed by atoms with Crippen molar-refractivity contribution in [2.45, 2.75) is 6.42 Å².